The van der Waals surface area contributed by atoms with Gasteiger partial charge in [0.2, 0.25) is 0 Å². The highest BCUT2D eigenvalue weighted by Gasteiger charge is 2.25. The molecule has 7 nitrogen and oxygen atoms in total. The maximum absolute atomic E-state index is 6.03. The molecular weight excluding hydrogens is 378 g/mol. The highest BCUT2D eigenvalue weighted by Crippen LogP contribution is 2.23. The van der Waals surface area contributed by atoms with Crippen molar-refractivity contribution in [3.8, 4) is 5.75 Å². The number of morpholine rings is 1. The topological polar surface area (TPSA) is 63.9 Å². The minimum absolute atomic E-state index is 0.0205. The smallest absolute Gasteiger partial charge is 0.194 e. The van der Waals surface area contributed by atoms with E-state index in [4.69, 9.17) is 14.5 Å². The van der Waals surface area contributed by atoms with Crippen LogP contribution >= 0.6 is 0 Å². The van der Waals surface area contributed by atoms with Gasteiger partial charge in [-0.05, 0) is 50.5 Å². The van der Waals surface area contributed by atoms with Crippen LogP contribution < -0.4 is 10.1 Å². The molecule has 30 heavy (non-hydrogen) atoms. The van der Waals surface area contributed by atoms with Gasteiger partial charge in [0.05, 0.1) is 26.0 Å². The lowest BCUT2D eigenvalue weighted by Gasteiger charge is -2.34. The van der Waals surface area contributed by atoms with E-state index in [9.17, 15) is 0 Å². The van der Waals surface area contributed by atoms with Crippen molar-refractivity contribution in [2.75, 3.05) is 39.4 Å². The summed E-state index contributed by atoms with van der Waals surface area (Å²) in [7, 11) is 1.93. The van der Waals surface area contributed by atoms with Crippen LogP contribution in [0, 0.1) is 20.8 Å². The predicted molar refractivity (Wildman–Crippen MR) is 120 cm³/mol. The number of guanidine groups is 1. The van der Waals surface area contributed by atoms with Gasteiger partial charge in [-0.25, -0.2) is 0 Å². The highest BCUT2D eigenvalue weighted by molar-refractivity contribution is 5.80. The summed E-state index contributed by atoms with van der Waals surface area (Å²) in [6, 6.07) is 4.30. The van der Waals surface area contributed by atoms with Crippen LogP contribution in [-0.2, 0) is 11.8 Å². The number of ether oxygens (including phenoxy) is 2. The summed E-state index contributed by atoms with van der Waals surface area (Å²) in [6.07, 6.45) is 4.79. The third-order valence-corrected chi connectivity index (χ3v) is 5.38. The van der Waals surface area contributed by atoms with E-state index in [0.29, 0.717) is 13.2 Å². The van der Waals surface area contributed by atoms with Crippen molar-refractivity contribution in [3.05, 3.63) is 46.8 Å². The van der Waals surface area contributed by atoms with Gasteiger partial charge < -0.3 is 19.7 Å². The number of aryl methyl sites for hydroxylation is 3. The minimum atomic E-state index is 0.0205. The van der Waals surface area contributed by atoms with Crippen LogP contribution in [0.4, 0.5) is 0 Å². The van der Waals surface area contributed by atoms with Crippen LogP contribution in [0.25, 0.3) is 0 Å². The third-order valence-electron chi connectivity index (χ3n) is 5.38. The summed E-state index contributed by atoms with van der Waals surface area (Å²) in [5.41, 5.74) is 4.83. The molecule has 1 aromatic carbocycles. The summed E-state index contributed by atoms with van der Waals surface area (Å²) >= 11 is 0. The van der Waals surface area contributed by atoms with Gasteiger partial charge in [0, 0.05) is 44.9 Å². The lowest BCUT2D eigenvalue weighted by atomic mass is 10.1. The zero-order chi connectivity index (χ0) is 21.5. The van der Waals surface area contributed by atoms with Crippen molar-refractivity contribution < 1.29 is 9.47 Å². The summed E-state index contributed by atoms with van der Waals surface area (Å²) in [5.74, 6) is 1.92. The molecule has 7 heteroatoms. The van der Waals surface area contributed by atoms with E-state index >= 15 is 0 Å². The van der Waals surface area contributed by atoms with Crippen LogP contribution in [0.1, 0.15) is 41.7 Å². The Hall–Kier alpha value is -2.54. The van der Waals surface area contributed by atoms with E-state index in [-0.39, 0.29) is 6.10 Å². The minimum Gasteiger partial charge on any atom is -0.493 e. The number of hydrogen-bond acceptors (Lipinski definition) is 4. The van der Waals surface area contributed by atoms with E-state index in [1.165, 1.54) is 16.7 Å². The zero-order valence-electron chi connectivity index (χ0n) is 18.9. The van der Waals surface area contributed by atoms with Gasteiger partial charge in [0.25, 0.3) is 0 Å². The first-order chi connectivity index (χ1) is 14.5. The number of rotatable bonds is 7. The van der Waals surface area contributed by atoms with Gasteiger partial charge in [-0.1, -0.05) is 6.07 Å². The fourth-order valence-electron chi connectivity index (χ4n) is 3.66. The molecule has 2 aromatic rings. The molecule has 1 aromatic heterocycles. The molecule has 1 fully saturated rings. The number of aromatic nitrogens is 2. The molecule has 0 saturated carbocycles. The summed E-state index contributed by atoms with van der Waals surface area (Å²) in [5, 5.41) is 7.69. The Morgan fingerprint density at radius 1 is 1.33 bits per heavy atom. The maximum atomic E-state index is 6.03. The van der Waals surface area contributed by atoms with E-state index in [1.54, 1.807) is 0 Å². The quantitative estimate of drug-likeness (QED) is 0.429. The molecule has 1 atom stereocenters. The summed E-state index contributed by atoms with van der Waals surface area (Å²) in [4.78, 5) is 7.11. The van der Waals surface area contributed by atoms with Gasteiger partial charge in [0.15, 0.2) is 5.96 Å². The van der Waals surface area contributed by atoms with Crippen LogP contribution in [0.5, 0.6) is 5.75 Å². The molecule has 3 rings (SSSR count). The SMILES string of the molecule is CCNC(=NCCCOc1cc(C)cc(C)c1C)N1CCOC(c2cnn(C)c2)C1. The van der Waals surface area contributed by atoms with Crippen LogP contribution in [0.2, 0.25) is 0 Å². The Kier molecular flexibility index (Phi) is 7.74. The Morgan fingerprint density at radius 2 is 2.17 bits per heavy atom. The molecule has 0 aliphatic carbocycles. The Balaban J connectivity index is 1.54. The number of nitrogens with one attached hydrogen (secondary N) is 1. The van der Waals surface area contributed by atoms with E-state index in [1.807, 2.05) is 24.1 Å². The van der Waals surface area contributed by atoms with Gasteiger partial charge in [-0.3, -0.25) is 9.67 Å². The first-order valence-electron chi connectivity index (χ1n) is 10.8. The number of benzene rings is 1. The molecule has 0 bridgehead atoms. The van der Waals surface area contributed by atoms with Crippen LogP contribution in [-0.4, -0.2) is 60.0 Å². The molecular formula is C23H35N5O2. The molecule has 1 saturated heterocycles. The average Bonchev–Trinajstić information content (AvgIpc) is 3.17. The molecule has 0 radical (unpaired) electrons. The fourth-order valence-corrected chi connectivity index (χ4v) is 3.66. The number of aliphatic imine (C=N–C) groups is 1. The lowest BCUT2D eigenvalue weighted by Crippen LogP contribution is -2.48. The van der Waals surface area contributed by atoms with E-state index in [0.717, 1.165) is 49.9 Å². The second-order valence-electron chi connectivity index (χ2n) is 7.90. The third kappa shape index (κ3) is 5.75. The van der Waals surface area contributed by atoms with Crippen molar-refractivity contribution in [3.63, 3.8) is 0 Å². The largest absolute Gasteiger partial charge is 0.493 e. The molecule has 0 spiro atoms. The zero-order valence-corrected chi connectivity index (χ0v) is 18.9. The Morgan fingerprint density at radius 3 is 2.90 bits per heavy atom. The van der Waals surface area contributed by atoms with Crippen LogP contribution in [0.3, 0.4) is 0 Å². The van der Waals surface area contributed by atoms with Crippen molar-refractivity contribution in [2.45, 2.75) is 40.2 Å². The van der Waals surface area contributed by atoms with Gasteiger partial charge in [0.1, 0.15) is 11.9 Å². The number of nitrogens with zero attached hydrogens (tertiary/aromatic N) is 4. The van der Waals surface area contributed by atoms with Crippen molar-refractivity contribution in [2.24, 2.45) is 12.0 Å². The second kappa shape index (κ2) is 10.5. The predicted octanol–water partition coefficient (Wildman–Crippen LogP) is 3.15. The van der Waals surface area contributed by atoms with E-state index in [2.05, 4.69) is 55.1 Å². The normalized spacial score (nSPS) is 17.3. The first kappa shape index (κ1) is 22.2. The van der Waals surface area contributed by atoms with Crippen LogP contribution in [0.15, 0.2) is 29.5 Å². The average molecular weight is 414 g/mol. The van der Waals surface area contributed by atoms with Crippen molar-refractivity contribution >= 4 is 5.96 Å². The van der Waals surface area contributed by atoms with Gasteiger partial charge in [-0.2, -0.15) is 5.10 Å². The molecule has 1 aliphatic rings. The Bertz CT molecular complexity index is 861. The molecule has 1 N–H and O–H groups in total. The molecule has 1 unspecified atom stereocenters. The summed E-state index contributed by atoms with van der Waals surface area (Å²) in [6.45, 7) is 13.0. The first-order valence-corrected chi connectivity index (χ1v) is 10.8. The molecule has 2 heterocycles. The van der Waals surface area contributed by atoms with Crippen molar-refractivity contribution in [1.82, 2.24) is 20.0 Å². The second-order valence-corrected chi connectivity index (χ2v) is 7.90. The van der Waals surface area contributed by atoms with E-state index < -0.39 is 0 Å². The van der Waals surface area contributed by atoms with Gasteiger partial charge >= 0.3 is 0 Å². The molecule has 164 valence electrons. The fraction of sp³-hybridized carbons (Fsp3) is 0.565. The van der Waals surface area contributed by atoms with Crippen molar-refractivity contribution in [1.29, 1.82) is 0 Å². The standard InChI is InChI=1S/C23H35N5O2/c1-6-24-23(28-9-11-30-22(16-28)20-14-26-27(5)15-20)25-8-7-10-29-21-13-17(2)12-18(3)19(21)4/h12-15,22H,6-11,16H2,1-5H3,(H,24,25). The van der Waals surface area contributed by atoms with Gasteiger partial charge in [-0.15, -0.1) is 0 Å². The highest BCUT2D eigenvalue weighted by atomic mass is 16.5. The molecule has 0 amide bonds. The number of hydrogen-bond donors (Lipinski definition) is 1. The monoisotopic (exact) mass is 413 g/mol. The maximum Gasteiger partial charge on any atom is 0.194 e. The molecule has 1 aliphatic heterocycles. The lowest BCUT2D eigenvalue weighted by molar-refractivity contribution is -0.00804. The summed E-state index contributed by atoms with van der Waals surface area (Å²) < 4.78 is 13.8. The Labute approximate surface area is 180 Å².